The molecule has 1 aliphatic carbocycles. The van der Waals surface area contributed by atoms with Crippen molar-refractivity contribution in [2.24, 2.45) is 17.8 Å². The number of amides is 1. The second kappa shape index (κ2) is 11.3. The highest BCUT2D eigenvalue weighted by atomic mass is 16.5. The van der Waals surface area contributed by atoms with Crippen LogP contribution in [-0.2, 0) is 9.53 Å². The van der Waals surface area contributed by atoms with Crippen LogP contribution in [0, 0.1) is 17.8 Å². The first-order valence-corrected chi connectivity index (χ1v) is 10.9. The van der Waals surface area contributed by atoms with E-state index in [0.717, 1.165) is 52.0 Å². The van der Waals surface area contributed by atoms with Gasteiger partial charge in [0.05, 0.1) is 0 Å². The molecule has 1 amide bonds. The van der Waals surface area contributed by atoms with Crippen LogP contribution in [0.2, 0.25) is 0 Å². The molecule has 26 heavy (non-hydrogen) atoms. The lowest BCUT2D eigenvalue weighted by Crippen LogP contribution is -2.57. The number of carbonyl (C=O) groups excluding carboxylic acids is 1. The Labute approximate surface area is 161 Å². The van der Waals surface area contributed by atoms with Gasteiger partial charge in [-0.1, -0.05) is 13.8 Å². The molecule has 1 saturated carbocycles. The molecule has 0 bridgehead atoms. The smallest absolute Gasteiger partial charge is 0.225 e. The zero-order valence-corrected chi connectivity index (χ0v) is 17.6. The van der Waals surface area contributed by atoms with Crippen molar-refractivity contribution in [1.82, 2.24) is 14.7 Å². The fourth-order valence-electron chi connectivity index (χ4n) is 4.38. The van der Waals surface area contributed by atoms with E-state index in [1.807, 2.05) is 13.8 Å². The van der Waals surface area contributed by atoms with E-state index in [1.165, 1.54) is 32.7 Å². The third-order valence-electron chi connectivity index (χ3n) is 6.13. The molecule has 2 heterocycles. The fourth-order valence-corrected chi connectivity index (χ4v) is 4.38. The molecule has 0 spiro atoms. The van der Waals surface area contributed by atoms with Crippen molar-refractivity contribution in [2.45, 2.75) is 46.5 Å². The van der Waals surface area contributed by atoms with Crippen LogP contribution in [0.3, 0.4) is 0 Å². The Morgan fingerprint density at radius 1 is 0.962 bits per heavy atom. The summed E-state index contributed by atoms with van der Waals surface area (Å²) in [4.78, 5) is 19.7. The molecular weight excluding hydrogens is 326 g/mol. The average molecular weight is 368 g/mol. The second-order valence-corrected chi connectivity index (χ2v) is 8.09. The van der Waals surface area contributed by atoms with Gasteiger partial charge >= 0.3 is 0 Å². The quantitative estimate of drug-likeness (QED) is 0.723. The van der Waals surface area contributed by atoms with Crippen LogP contribution in [0.1, 0.15) is 46.5 Å². The minimum absolute atomic E-state index is 0.285. The van der Waals surface area contributed by atoms with Gasteiger partial charge in [0, 0.05) is 70.9 Å². The fraction of sp³-hybridized carbons (Fsp3) is 0.952. The minimum Gasteiger partial charge on any atom is -0.381 e. The first kappa shape index (κ1) is 21.6. The van der Waals surface area contributed by atoms with Gasteiger partial charge in [0.2, 0.25) is 5.91 Å². The van der Waals surface area contributed by atoms with Crippen LogP contribution in [-0.4, -0.2) is 86.7 Å². The van der Waals surface area contributed by atoms with E-state index in [9.17, 15) is 4.79 Å². The maximum absolute atomic E-state index is 12.7. The van der Waals surface area contributed by atoms with E-state index >= 15 is 0 Å². The van der Waals surface area contributed by atoms with E-state index in [-0.39, 0.29) is 5.92 Å². The van der Waals surface area contributed by atoms with E-state index in [1.54, 1.807) is 0 Å². The molecule has 0 aromatic rings. The van der Waals surface area contributed by atoms with Crippen molar-refractivity contribution in [3.63, 3.8) is 0 Å². The predicted molar refractivity (Wildman–Crippen MR) is 107 cm³/mol. The third-order valence-corrected chi connectivity index (χ3v) is 6.13. The van der Waals surface area contributed by atoms with Gasteiger partial charge < -0.3 is 19.4 Å². The predicted octanol–water partition coefficient (Wildman–Crippen LogP) is 2.56. The van der Waals surface area contributed by atoms with Gasteiger partial charge in [-0.25, -0.2) is 0 Å². The van der Waals surface area contributed by atoms with Gasteiger partial charge in [0.15, 0.2) is 0 Å². The summed E-state index contributed by atoms with van der Waals surface area (Å²) in [7, 11) is 2.20. The molecule has 0 radical (unpaired) electrons. The van der Waals surface area contributed by atoms with Gasteiger partial charge in [-0.3, -0.25) is 4.79 Å². The monoisotopic (exact) mass is 367 g/mol. The number of nitrogens with zero attached hydrogens (tertiary/aromatic N) is 3. The summed E-state index contributed by atoms with van der Waals surface area (Å²) < 4.78 is 5.54. The molecule has 3 fully saturated rings. The van der Waals surface area contributed by atoms with Gasteiger partial charge in [-0.15, -0.1) is 0 Å². The second-order valence-electron chi connectivity index (χ2n) is 8.09. The number of hydrogen-bond acceptors (Lipinski definition) is 4. The average Bonchev–Trinajstić information content (AvgIpc) is 2.65. The summed E-state index contributed by atoms with van der Waals surface area (Å²) in [5, 5.41) is 0. The van der Waals surface area contributed by atoms with Crippen LogP contribution < -0.4 is 0 Å². The maximum Gasteiger partial charge on any atom is 0.225 e. The molecule has 152 valence electrons. The van der Waals surface area contributed by atoms with Crippen LogP contribution in [0.4, 0.5) is 0 Å². The SMILES string of the molecule is CC.CCOCC1CCC(C(=O)N2CC(CN3CCN(C)CC3)C2)CC1. The lowest BCUT2D eigenvalue weighted by molar-refractivity contribution is -0.144. The third kappa shape index (κ3) is 6.21. The molecule has 0 aromatic carbocycles. The number of rotatable bonds is 6. The zero-order valence-electron chi connectivity index (χ0n) is 17.6. The van der Waals surface area contributed by atoms with Crippen molar-refractivity contribution >= 4 is 5.91 Å². The number of carbonyl (C=O) groups is 1. The van der Waals surface area contributed by atoms with E-state index < -0.39 is 0 Å². The van der Waals surface area contributed by atoms with Gasteiger partial charge in [0.1, 0.15) is 0 Å². The Morgan fingerprint density at radius 2 is 1.58 bits per heavy atom. The zero-order chi connectivity index (χ0) is 18.9. The van der Waals surface area contributed by atoms with Crippen LogP contribution in [0.25, 0.3) is 0 Å². The molecule has 3 aliphatic rings. The van der Waals surface area contributed by atoms with E-state index in [0.29, 0.717) is 17.7 Å². The number of piperazine rings is 1. The molecule has 0 unspecified atom stereocenters. The van der Waals surface area contributed by atoms with Crippen molar-refractivity contribution < 1.29 is 9.53 Å². The van der Waals surface area contributed by atoms with E-state index in [4.69, 9.17) is 4.74 Å². The van der Waals surface area contributed by atoms with Crippen molar-refractivity contribution in [2.75, 3.05) is 66.1 Å². The number of hydrogen-bond donors (Lipinski definition) is 0. The molecular formula is C21H41N3O2. The summed E-state index contributed by atoms with van der Waals surface area (Å²) in [5.74, 6) is 2.09. The number of likely N-dealkylation sites (N-methyl/N-ethyl adjacent to an activating group) is 1. The summed E-state index contributed by atoms with van der Waals surface area (Å²) in [6, 6.07) is 0. The molecule has 3 rings (SSSR count). The Hall–Kier alpha value is -0.650. The maximum atomic E-state index is 12.7. The molecule has 5 heteroatoms. The van der Waals surface area contributed by atoms with Crippen LogP contribution in [0.5, 0.6) is 0 Å². The molecule has 2 aliphatic heterocycles. The summed E-state index contributed by atoms with van der Waals surface area (Å²) >= 11 is 0. The normalized spacial score (nSPS) is 28.2. The lowest BCUT2D eigenvalue weighted by atomic mass is 9.81. The van der Waals surface area contributed by atoms with Crippen LogP contribution >= 0.6 is 0 Å². The Bertz CT molecular complexity index is 396. The van der Waals surface area contributed by atoms with Gasteiger partial charge in [0.25, 0.3) is 0 Å². The highest BCUT2D eigenvalue weighted by Crippen LogP contribution is 2.32. The first-order valence-electron chi connectivity index (χ1n) is 10.9. The molecule has 5 nitrogen and oxygen atoms in total. The Balaban J connectivity index is 0.00000117. The highest BCUT2D eigenvalue weighted by Gasteiger charge is 2.36. The topological polar surface area (TPSA) is 36.0 Å². The summed E-state index contributed by atoms with van der Waals surface area (Å²) in [6.07, 6.45) is 4.45. The summed E-state index contributed by atoms with van der Waals surface area (Å²) in [5.41, 5.74) is 0. The van der Waals surface area contributed by atoms with E-state index in [2.05, 4.69) is 28.7 Å². The van der Waals surface area contributed by atoms with Gasteiger partial charge in [-0.05, 0) is 45.6 Å². The van der Waals surface area contributed by atoms with Crippen molar-refractivity contribution in [1.29, 1.82) is 0 Å². The number of ether oxygens (including phenoxy) is 1. The Morgan fingerprint density at radius 3 is 2.15 bits per heavy atom. The molecule has 0 N–H and O–H groups in total. The van der Waals surface area contributed by atoms with Gasteiger partial charge in [-0.2, -0.15) is 0 Å². The molecule has 0 aromatic heterocycles. The highest BCUT2D eigenvalue weighted by molar-refractivity contribution is 5.79. The molecule has 2 saturated heterocycles. The minimum atomic E-state index is 0.285. The first-order chi connectivity index (χ1) is 12.7. The number of likely N-dealkylation sites (tertiary alicyclic amines) is 1. The Kier molecular flexibility index (Phi) is 9.37. The van der Waals surface area contributed by atoms with Crippen molar-refractivity contribution in [3.05, 3.63) is 0 Å². The lowest BCUT2D eigenvalue weighted by Gasteiger charge is -2.45. The van der Waals surface area contributed by atoms with Crippen LogP contribution in [0.15, 0.2) is 0 Å². The largest absolute Gasteiger partial charge is 0.381 e. The molecule has 0 atom stereocenters. The summed E-state index contributed by atoms with van der Waals surface area (Å²) in [6.45, 7) is 15.6. The van der Waals surface area contributed by atoms with Crippen molar-refractivity contribution in [3.8, 4) is 0 Å². The standard InChI is InChI=1S/C19H35N3O2.C2H6/c1-3-24-15-16-4-6-18(7-5-16)19(23)22-13-17(14-22)12-21-10-8-20(2)9-11-21;1-2/h16-18H,3-15H2,1-2H3;1-2H3.